The highest BCUT2D eigenvalue weighted by molar-refractivity contribution is 9.10. The zero-order valence-electron chi connectivity index (χ0n) is 20.4. The molecule has 186 valence electrons. The third-order valence-electron chi connectivity index (χ3n) is 5.37. The minimum atomic E-state index is -3.75. The van der Waals surface area contributed by atoms with Crippen molar-refractivity contribution in [2.75, 3.05) is 23.7 Å². The first-order valence-corrected chi connectivity index (χ1v) is 13.9. The summed E-state index contributed by atoms with van der Waals surface area (Å²) in [6.45, 7) is 7.99. The van der Waals surface area contributed by atoms with E-state index >= 15 is 0 Å². The van der Waals surface area contributed by atoms with Crippen molar-refractivity contribution in [2.45, 2.75) is 46.7 Å². The Morgan fingerprint density at radius 1 is 1.09 bits per heavy atom. The lowest BCUT2D eigenvalue weighted by Gasteiger charge is -2.33. The molecule has 0 fully saturated rings. The Balaban J connectivity index is 2.41. The van der Waals surface area contributed by atoms with Crippen LogP contribution < -0.4 is 9.62 Å². The average Bonchev–Trinajstić information content (AvgIpc) is 2.77. The van der Waals surface area contributed by atoms with Crippen molar-refractivity contribution in [3.8, 4) is 0 Å². The minimum absolute atomic E-state index is 0.199. The summed E-state index contributed by atoms with van der Waals surface area (Å²) in [7, 11) is -3.75. The zero-order chi connectivity index (χ0) is 25.5. The van der Waals surface area contributed by atoms with Crippen LogP contribution in [0.4, 0.5) is 5.69 Å². The molecule has 0 bridgehead atoms. The SMILES string of the molecule is CC[C@H](C(=O)NCC(C)C)N(Cc1ccccc1)C(=O)CN(c1ccc(Br)c(C)c1)S(C)(=O)=O. The van der Waals surface area contributed by atoms with E-state index in [0.29, 0.717) is 18.7 Å². The summed E-state index contributed by atoms with van der Waals surface area (Å²) in [5.74, 6) is -0.423. The maximum absolute atomic E-state index is 13.6. The molecule has 0 aliphatic rings. The molecule has 0 spiro atoms. The molecule has 34 heavy (non-hydrogen) atoms. The van der Waals surface area contributed by atoms with Gasteiger partial charge in [0.15, 0.2) is 0 Å². The monoisotopic (exact) mass is 551 g/mol. The smallest absolute Gasteiger partial charge is 0.244 e. The number of aryl methyl sites for hydroxylation is 1. The van der Waals surface area contributed by atoms with Gasteiger partial charge in [-0.05, 0) is 48.6 Å². The number of sulfonamides is 1. The second-order valence-electron chi connectivity index (χ2n) is 8.77. The Hall–Kier alpha value is -2.39. The Bertz CT molecular complexity index is 1090. The zero-order valence-corrected chi connectivity index (χ0v) is 22.8. The van der Waals surface area contributed by atoms with Crippen LogP contribution in [0.2, 0.25) is 0 Å². The molecule has 2 aromatic carbocycles. The number of nitrogens with zero attached hydrogens (tertiary/aromatic N) is 2. The van der Waals surface area contributed by atoms with Gasteiger partial charge < -0.3 is 10.2 Å². The molecule has 0 radical (unpaired) electrons. The number of halogens is 1. The van der Waals surface area contributed by atoms with E-state index in [4.69, 9.17) is 0 Å². The van der Waals surface area contributed by atoms with Gasteiger partial charge in [0.2, 0.25) is 21.8 Å². The van der Waals surface area contributed by atoms with Gasteiger partial charge in [0.1, 0.15) is 12.6 Å². The standard InChI is InChI=1S/C25H34BrN3O4S/c1-6-23(25(31)27-15-18(2)3)28(16-20-10-8-7-9-11-20)24(30)17-29(34(5,32)33)21-12-13-22(26)19(4)14-21/h7-14,18,23H,6,15-17H2,1-5H3,(H,27,31)/t23-/m1/s1. The molecule has 1 atom stereocenters. The van der Waals surface area contributed by atoms with Gasteiger partial charge in [-0.2, -0.15) is 0 Å². The first-order chi connectivity index (χ1) is 15.9. The molecule has 0 aliphatic carbocycles. The lowest BCUT2D eigenvalue weighted by atomic mass is 10.1. The molecule has 0 saturated carbocycles. The first-order valence-electron chi connectivity index (χ1n) is 11.3. The van der Waals surface area contributed by atoms with E-state index in [-0.39, 0.29) is 18.4 Å². The van der Waals surface area contributed by atoms with Crippen molar-refractivity contribution in [3.63, 3.8) is 0 Å². The number of rotatable bonds is 11. The molecular formula is C25H34BrN3O4S. The summed E-state index contributed by atoms with van der Waals surface area (Å²) in [6.07, 6.45) is 1.48. The normalized spacial score (nSPS) is 12.3. The third kappa shape index (κ3) is 7.84. The van der Waals surface area contributed by atoms with E-state index in [1.165, 1.54) is 4.90 Å². The van der Waals surface area contributed by atoms with Crippen molar-refractivity contribution in [1.82, 2.24) is 10.2 Å². The first kappa shape index (κ1) is 27.9. The number of anilines is 1. The highest BCUT2D eigenvalue weighted by Crippen LogP contribution is 2.25. The number of nitrogens with one attached hydrogen (secondary N) is 1. The molecule has 0 unspecified atom stereocenters. The second kappa shape index (κ2) is 12.4. The molecular weight excluding hydrogens is 518 g/mol. The topological polar surface area (TPSA) is 86.8 Å². The van der Waals surface area contributed by atoms with Gasteiger partial charge in [-0.25, -0.2) is 8.42 Å². The van der Waals surface area contributed by atoms with Crippen LogP contribution in [-0.2, 0) is 26.2 Å². The fourth-order valence-corrected chi connectivity index (χ4v) is 4.61. The number of carbonyl (C=O) groups is 2. The van der Waals surface area contributed by atoms with E-state index in [1.54, 1.807) is 18.2 Å². The predicted octanol–water partition coefficient (Wildman–Crippen LogP) is 4.10. The molecule has 2 amide bonds. The van der Waals surface area contributed by atoms with Crippen molar-refractivity contribution in [3.05, 3.63) is 64.1 Å². The Morgan fingerprint density at radius 3 is 2.26 bits per heavy atom. The van der Waals surface area contributed by atoms with E-state index < -0.39 is 28.5 Å². The third-order valence-corrected chi connectivity index (χ3v) is 7.41. The molecule has 2 aromatic rings. The molecule has 9 heteroatoms. The van der Waals surface area contributed by atoms with Gasteiger partial charge in [0, 0.05) is 17.6 Å². The highest BCUT2D eigenvalue weighted by atomic mass is 79.9. The summed E-state index contributed by atoms with van der Waals surface area (Å²) in [5, 5.41) is 2.91. The van der Waals surface area contributed by atoms with Gasteiger partial charge in [0.25, 0.3) is 0 Å². The number of carbonyl (C=O) groups excluding carboxylic acids is 2. The number of benzene rings is 2. The number of hydrogen-bond acceptors (Lipinski definition) is 4. The summed E-state index contributed by atoms with van der Waals surface area (Å²) in [4.78, 5) is 28.1. The van der Waals surface area contributed by atoms with Crippen LogP contribution in [0.1, 0.15) is 38.3 Å². The van der Waals surface area contributed by atoms with Crippen molar-refractivity contribution in [1.29, 1.82) is 0 Å². The average molecular weight is 553 g/mol. The lowest BCUT2D eigenvalue weighted by Crippen LogP contribution is -2.52. The van der Waals surface area contributed by atoms with E-state index in [2.05, 4.69) is 21.2 Å². The molecule has 0 aliphatic heterocycles. The fourth-order valence-electron chi connectivity index (χ4n) is 3.52. The van der Waals surface area contributed by atoms with Crippen molar-refractivity contribution < 1.29 is 18.0 Å². The summed E-state index contributed by atoms with van der Waals surface area (Å²) in [5.41, 5.74) is 2.10. The highest BCUT2D eigenvalue weighted by Gasteiger charge is 2.31. The largest absolute Gasteiger partial charge is 0.354 e. The Morgan fingerprint density at radius 2 is 1.74 bits per heavy atom. The van der Waals surface area contributed by atoms with E-state index in [0.717, 1.165) is 26.2 Å². The summed E-state index contributed by atoms with van der Waals surface area (Å²) < 4.78 is 27.2. The maximum atomic E-state index is 13.6. The van der Waals surface area contributed by atoms with E-state index in [1.807, 2.05) is 58.0 Å². The lowest BCUT2D eigenvalue weighted by molar-refractivity contribution is -0.140. The van der Waals surface area contributed by atoms with Gasteiger partial charge in [-0.3, -0.25) is 13.9 Å². The number of amides is 2. The number of hydrogen-bond donors (Lipinski definition) is 1. The Labute approximate surface area is 211 Å². The van der Waals surface area contributed by atoms with Gasteiger partial charge in [-0.1, -0.05) is 67.0 Å². The summed E-state index contributed by atoms with van der Waals surface area (Å²) >= 11 is 3.42. The predicted molar refractivity (Wildman–Crippen MR) is 140 cm³/mol. The van der Waals surface area contributed by atoms with Crippen molar-refractivity contribution >= 4 is 43.5 Å². The molecule has 0 heterocycles. The van der Waals surface area contributed by atoms with Crippen LogP contribution >= 0.6 is 15.9 Å². The van der Waals surface area contributed by atoms with Gasteiger partial charge in [0.05, 0.1) is 11.9 Å². The van der Waals surface area contributed by atoms with Crippen LogP contribution in [0, 0.1) is 12.8 Å². The van der Waals surface area contributed by atoms with Crippen LogP contribution in [0.3, 0.4) is 0 Å². The quantitative estimate of drug-likeness (QED) is 0.455. The van der Waals surface area contributed by atoms with Gasteiger partial charge in [-0.15, -0.1) is 0 Å². The molecule has 2 rings (SSSR count). The van der Waals surface area contributed by atoms with E-state index in [9.17, 15) is 18.0 Å². The fraction of sp³-hybridized carbons (Fsp3) is 0.440. The van der Waals surface area contributed by atoms with Crippen molar-refractivity contribution in [2.24, 2.45) is 5.92 Å². The summed E-state index contributed by atoms with van der Waals surface area (Å²) in [6, 6.07) is 13.8. The van der Waals surface area contributed by atoms with Gasteiger partial charge >= 0.3 is 0 Å². The Kier molecular flexibility index (Phi) is 10.1. The minimum Gasteiger partial charge on any atom is -0.354 e. The molecule has 0 saturated heterocycles. The van der Waals surface area contributed by atoms with Crippen LogP contribution in [-0.4, -0.2) is 50.5 Å². The van der Waals surface area contributed by atoms with Crippen LogP contribution in [0.25, 0.3) is 0 Å². The molecule has 0 aromatic heterocycles. The maximum Gasteiger partial charge on any atom is 0.244 e. The molecule has 1 N–H and O–H groups in total. The van der Waals surface area contributed by atoms with Crippen LogP contribution in [0.5, 0.6) is 0 Å². The second-order valence-corrected chi connectivity index (χ2v) is 11.5. The molecule has 7 nitrogen and oxygen atoms in total. The van der Waals surface area contributed by atoms with Crippen LogP contribution in [0.15, 0.2) is 53.0 Å².